The molecule has 2 amide bonds. The summed E-state index contributed by atoms with van der Waals surface area (Å²) in [6, 6.07) is -0.301. The highest BCUT2D eigenvalue weighted by atomic mass is 19.4. The molecule has 0 radical (unpaired) electrons. The lowest BCUT2D eigenvalue weighted by molar-refractivity contribution is -0.158. The number of furan rings is 1. The van der Waals surface area contributed by atoms with E-state index in [0.29, 0.717) is 0 Å². The molecule has 12 heteroatoms. The van der Waals surface area contributed by atoms with Crippen LogP contribution in [0.25, 0.3) is 11.0 Å². The van der Waals surface area contributed by atoms with E-state index in [1.54, 1.807) is 11.4 Å². The number of hydrogen-bond donors (Lipinski definition) is 3. The van der Waals surface area contributed by atoms with Gasteiger partial charge in [0.25, 0.3) is 0 Å². The Morgan fingerprint density at radius 2 is 1.97 bits per heavy atom. The number of amides is 2. The van der Waals surface area contributed by atoms with Crippen molar-refractivity contribution in [2.45, 2.75) is 19.1 Å². The summed E-state index contributed by atoms with van der Waals surface area (Å²) < 4.78 is 59.8. The molecule has 3 rings (SSSR count). The van der Waals surface area contributed by atoms with Crippen molar-refractivity contribution in [2.24, 2.45) is 0 Å². The van der Waals surface area contributed by atoms with Crippen LogP contribution in [0.3, 0.4) is 0 Å². The van der Waals surface area contributed by atoms with Gasteiger partial charge in [-0.15, -0.1) is 0 Å². The van der Waals surface area contributed by atoms with Crippen LogP contribution in [0.4, 0.5) is 34.0 Å². The standard InChI is InChI=1S/C17H12F4N6O2/c1-7-11-3-9(18)2-8(4-22)13(11)29-12(7)14(17(19,20)21)27-16(28)26-10-5-24-15(23)25-6-10/h2-3,5-6,14H,1H3,(H2,23,24,25)(H2,26,27,28)/t14-/m0/s1. The molecule has 2 aromatic heterocycles. The number of aryl methyl sites for hydroxylation is 1. The number of carbonyl (C=O) groups is 1. The number of hydrogen-bond acceptors (Lipinski definition) is 6. The number of carbonyl (C=O) groups excluding carboxylic acids is 1. The molecule has 0 bridgehead atoms. The summed E-state index contributed by atoms with van der Waals surface area (Å²) in [5, 5.41) is 13.0. The normalized spacial score (nSPS) is 12.4. The van der Waals surface area contributed by atoms with Crippen molar-refractivity contribution in [3.05, 3.63) is 47.2 Å². The average molecular weight is 408 g/mol. The lowest BCUT2D eigenvalue weighted by atomic mass is 10.1. The molecule has 4 N–H and O–H groups in total. The Labute approximate surface area is 160 Å². The monoisotopic (exact) mass is 408 g/mol. The van der Waals surface area contributed by atoms with Crippen LogP contribution in [0, 0.1) is 24.1 Å². The molecule has 0 unspecified atom stereocenters. The van der Waals surface area contributed by atoms with Crippen LogP contribution in [0.5, 0.6) is 0 Å². The Morgan fingerprint density at radius 1 is 1.31 bits per heavy atom. The van der Waals surface area contributed by atoms with Crippen molar-refractivity contribution >= 4 is 28.6 Å². The fourth-order valence-electron chi connectivity index (χ4n) is 2.66. The van der Waals surface area contributed by atoms with Gasteiger partial charge in [0.1, 0.15) is 17.6 Å². The first-order valence-corrected chi connectivity index (χ1v) is 7.94. The average Bonchev–Trinajstić information content (AvgIpc) is 2.96. The molecule has 1 aromatic carbocycles. The fraction of sp³-hybridized carbons (Fsp3) is 0.176. The number of nitrogen functional groups attached to an aromatic ring is 1. The van der Waals surface area contributed by atoms with Crippen LogP contribution in [-0.4, -0.2) is 22.2 Å². The van der Waals surface area contributed by atoms with Crippen LogP contribution < -0.4 is 16.4 Å². The maximum Gasteiger partial charge on any atom is 0.416 e. The van der Waals surface area contributed by atoms with Crippen molar-refractivity contribution in [2.75, 3.05) is 11.1 Å². The number of aromatic nitrogens is 2. The Hall–Kier alpha value is -3.88. The lowest BCUT2D eigenvalue weighted by Crippen LogP contribution is -2.40. The van der Waals surface area contributed by atoms with Crippen molar-refractivity contribution in [3.63, 3.8) is 0 Å². The van der Waals surface area contributed by atoms with E-state index in [9.17, 15) is 22.4 Å². The SMILES string of the molecule is Cc1c([C@H](NC(=O)Nc2cnc(N)nc2)C(F)(F)F)oc2c(C#N)cc(F)cc12. The number of fused-ring (bicyclic) bond motifs is 1. The number of anilines is 2. The van der Waals surface area contributed by atoms with Gasteiger partial charge in [-0.1, -0.05) is 0 Å². The molecule has 8 nitrogen and oxygen atoms in total. The van der Waals surface area contributed by atoms with Crippen molar-refractivity contribution < 1.29 is 26.8 Å². The molecule has 0 aliphatic rings. The Balaban J connectivity index is 1.97. The minimum absolute atomic E-state index is 0.0000530. The second kappa shape index (κ2) is 7.27. The van der Waals surface area contributed by atoms with Crippen molar-refractivity contribution in [1.29, 1.82) is 5.26 Å². The molecular formula is C17H12F4N6O2. The molecular weight excluding hydrogens is 396 g/mol. The molecule has 0 saturated heterocycles. The summed E-state index contributed by atoms with van der Waals surface area (Å²) in [6.45, 7) is 1.27. The van der Waals surface area contributed by atoms with Gasteiger partial charge in [0, 0.05) is 10.9 Å². The predicted octanol–water partition coefficient (Wildman–Crippen LogP) is 3.55. The van der Waals surface area contributed by atoms with Gasteiger partial charge in [-0.25, -0.2) is 19.2 Å². The van der Waals surface area contributed by atoms with Gasteiger partial charge >= 0.3 is 12.2 Å². The van der Waals surface area contributed by atoms with E-state index in [2.05, 4.69) is 15.3 Å². The topological polar surface area (TPSA) is 130 Å². The first kappa shape index (κ1) is 19.9. The highest BCUT2D eigenvalue weighted by Crippen LogP contribution is 2.39. The maximum atomic E-state index is 13.7. The minimum Gasteiger partial charge on any atom is -0.457 e. The van der Waals surface area contributed by atoms with Crippen LogP contribution in [-0.2, 0) is 0 Å². The van der Waals surface area contributed by atoms with E-state index < -0.39 is 29.8 Å². The Morgan fingerprint density at radius 3 is 2.55 bits per heavy atom. The Bertz CT molecular complexity index is 1120. The molecule has 2 heterocycles. The molecule has 0 spiro atoms. The maximum absolute atomic E-state index is 13.7. The zero-order valence-corrected chi connectivity index (χ0v) is 14.6. The molecule has 0 aliphatic carbocycles. The number of benzene rings is 1. The molecule has 0 saturated carbocycles. The van der Waals surface area contributed by atoms with Crippen LogP contribution in [0.1, 0.15) is 22.9 Å². The predicted molar refractivity (Wildman–Crippen MR) is 93.0 cm³/mol. The number of urea groups is 1. The molecule has 3 aromatic rings. The summed E-state index contributed by atoms with van der Waals surface area (Å²) in [4.78, 5) is 19.3. The van der Waals surface area contributed by atoms with Gasteiger partial charge in [-0.3, -0.25) is 0 Å². The zero-order chi connectivity index (χ0) is 21.3. The third-order valence-electron chi connectivity index (χ3n) is 3.95. The van der Waals surface area contributed by atoms with Crippen LogP contribution in [0.15, 0.2) is 28.9 Å². The van der Waals surface area contributed by atoms with Crippen LogP contribution in [0.2, 0.25) is 0 Å². The Kier molecular flexibility index (Phi) is 4.98. The first-order chi connectivity index (χ1) is 13.6. The number of alkyl halides is 3. The van der Waals surface area contributed by atoms with Gasteiger partial charge in [0.15, 0.2) is 11.6 Å². The molecule has 0 aliphatic heterocycles. The highest BCUT2D eigenvalue weighted by Gasteiger charge is 2.45. The quantitative estimate of drug-likeness (QED) is 0.568. The third-order valence-corrected chi connectivity index (χ3v) is 3.95. The zero-order valence-electron chi connectivity index (χ0n) is 14.6. The molecule has 1 atom stereocenters. The number of nitrogens with one attached hydrogen (secondary N) is 2. The summed E-state index contributed by atoms with van der Waals surface area (Å²) in [5.74, 6) is -1.55. The largest absolute Gasteiger partial charge is 0.457 e. The lowest BCUT2D eigenvalue weighted by Gasteiger charge is -2.20. The van der Waals surface area contributed by atoms with E-state index in [1.165, 1.54) is 6.92 Å². The van der Waals surface area contributed by atoms with Crippen molar-refractivity contribution in [1.82, 2.24) is 15.3 Å². The third kappa shape index (κ3) is 4.03. The summed E-state index contributed by atoms with van der Waals surface area (Å²) >= 11 is 0. The van der Waals surface area contributed by atoms with Crippen molar-refractivity contribution in [3.8, 4) is 6.07 Å². The van der Waals surface area contributed by atoms with E-state index in [1.807, 2.05) is 0 Å². The van der Waals surface area contributed by atoms with E-state index in [4.69, 9.17) is 15.4 Å². The van der Waals surface area contributed by atoms with Gasteiger partial charge in [0.2, 0.25) is 5.95 Å². The summed E-state index contributed by atoms with van der Waals surface area (Å²) in [7, 11) is 0. The second-order valence-corrected chi connectivity index (χ2v) is 5.94. The summed E-state index contributed by atoms with van der Waals surface area (Å²) in [5.41, 5.74) is 4.78. The number of nitrogens with two attached hydrogens (primary N) is 1. The first-order valence-electron chi connectivity index (χ1n) is 7.94. The van der Waals surface area contributed by atoms with Gasteiger partial charge in [-0.2, -0.15) is 18.4 Å². The molecule has 0 fully saturated rings. The summed E-state index contributed by atoms with van der Waals surface area (Å²) in [6.07, 6.45) is -2.73. The second-order valence-electron chi connectivity index (χ2n) is 5.94. The van der Waals surface area contributed by atoms with E-state index in [-0.39, 0.29) is 33.7 Å². The van der Waals surface area contributed by atoms with E-state index >= 15 is 0 Å². The number of halogens is 4. The minimum atomic E-state index is -4.95. The van der Waals surface area contributed by atoms with Gasteiger partial charge < -0.3 is 20.8 Å². The fourth-order valence-corrected chi connectivity index (χ4v) is 2.66. The number of nitrogens with zero attached hydrogens (tertiary/aromatic N) is 3. The molecule has 150 valence electrons. The highest BCUT2D eigenvalue weighted by molar-refractivity contribution is 5.90. The number of nitriles is 1. The molecule has 29 heavy (non-hydrogen) atoms. The van der Waals surface area contributed by atoms with Gasteiger partial charge in [0.05, 0.1) is 23.6 Å². The number of rotatable bonds is 3. The smallest absolute Gasteiger partial charge is 0.416 e. The van der Waals surface area contributed by atoms with Gasteiger partial charge in [-0.05, 0) is 19.1 Å². The van der Waals surface area contributed by atoms with Crippen LogP contribution >= 0.6 is 0 Å². The van der Waals surface area contributed by atoms with E-state index in [0.717, 1.165) is 24.5 Å².